The van der Waals surface area contributed by atoms with Gasteiger partial charge in [0.2, 0.25) is 11.6 Å². The van der Waals surface area contributed by atoms with Gasteiger partial charge < -0.3 is 4.74 Å². The molecule has 1 aliphatic rings. The zero-order valence-electron chi connectivity index (χ0n) is 8.07. The molecule has 15 heavy (non-hydrogen) atoms. The maximum absolute atomic E-state index is 11.3. The molecule has 2 rings (SSSR count). The van der Waals surface area contributed by atoms with Crippen LogP contribution in [-0.2, 0) is 9.59 Å². The Morgan fingerprint density at radius 3 is 2.20 bits per heavy atom. The lowest BCUT2D eigenvalue weighted by atomic mass is 9.77. The highest BCUT2D eigenvalue weighted by molar-refractivity contribution is 6.59. The number of hydrogen-bond donors (Lipinski definition) is 0. The van der Waals surface area contributed by atoms with Crippen LogP contribution in [0.25, 0.3) is 0 Å². The van der Waals surface area contributed by atoms with Crippen LogP contribution in [0.5, 0.6) is 5.75 Å². The van der Waals surface area contributed by atoms with Crippen molar-refractivity contribution in [1.29, 1.82) is 0 Å². The molecule has 1 aliphatic carbocycles. The van der Waals surface area contributed by atoms with Gasteiger partial charge in [-0.1, -0.05) is 12.1 Å². The lowest BCUT2D eigenvalue weighted by Gasteiger charge is -2.28. The third-order valence-electron chi connectivity index (χ3n) is 2.54. The van der Waals surface area contributed by atoms with E-state index in [1.165, 1.54) is 0 Å². The number of alkyl halides is 1. The summed E-state index contributed by atoms with van der Waals surface area (Å²) in [6.07, 6.45) is 0. The zero-order valence-corrected chi connectivity index (χ0v) is 8.82. The Morgan fingerprint density at radius 2 is 1.73 bits per heavy atom. The fourth-order valence-corrected chi connectivity index (χ4v) is 1.98. The summed E-state index contributed by atoms with van der Waals surface area (Å²) in [7, 11) is 1.57. The second-order valence-electron chi connectivity index (χ2n) is 3.38. The highest BCUT2D eigenvalue weighted by atomic mass is 35.5. The molecule has 0 N–H and O–H groups in total. The molecule has 0 bridgehead atoms. The van der Waals surface area contributed by atoms with Crippen molar-refractivity contribution in [2.75, 3.05) is 7.11 Å². The van der Waals surface area contributed by atoms with Crippen LogP contribution in [0.3, 0.4) is 0 Å². The van der Waals surface area contributed by atoms with Gasteiger partial charge in [-0.3, -0.25) is 9.59 Å². The smallest absolute Gasteiger partial charge is 0.217 e. The van der Waals surface area contributed by atoms with E-state index >= 15 is 0 Å². The Hall–Kier alpha value is -1.35. The van der Waals surface area contributed by atoms with E-state index in [-0.39, 0.29) is 0 Å². The second-order valence-corrected chi connectivity index (χ2v) is 3.85. The minimum absolute atomic E-state index is 0.403. The number of halogens is 1. The van der Waals surface area contributed by atoms with E-state index in [0.717, 1.165) is 5.56 Å². The van der Waals surface area contributed by atoms with E-state index in [1.807, 2.05) is 0 Å². The van der Waals surface area contributed by atoms with Crippen LogP contribution in [0.15, 0.2) is 24.3 Å². The summed E-state index contributed by atoms with van der Waals surface area (Å²) in [4.78, 5) is 22.2. The molecular formula is C11H9ClO3. The summed E-state index contributed by atoms with van der Waals surface area (Å²) >= 11 is 5.77. The van der Waals surface area contributed by atoms with E-state index in [4.69, 9.17) is 16.3 Å². The first kappa shape index (κ1) is 10.2. The number of carbonyl (C=O) groups excluding carboxylic acids is 2. The summed E-state index contributed by atoms with van der Waals surface area (Å²) in [6, 6.07) is 7.00. The predicted octanol–water partition coefficient (Wildman–Crippen LogP) is 1.54. The molecule has 0 heterocycles. The Kier molecular flexibility index (Phi) is 2.49. The Bertz CT molecular complexity index is 410. The molecule has 1 aromatic rings. The fourth-order valence-electron chi connectivity index (χ4n) is 1.61. The van der Waals surface area contributed by atoms with Gasteiger partial charge in [-0.15, -0.1) is 11.6 Å². The molecular weight excluding hydrogens is 216 g/mol. The molecule has 3 nitrogen and oxygen atoms in total. The van der Waals surface area contributed by atoms with E-state index in [9.17, 15) is 9.59 Å². The van der Waals surface area contributed by atoms with E-state index in [1.54, 1.807) is 31.4 Å². The Labute approximate surface area is 92.0 Å². The minimum Gasteiger partial charge on any atom is -0.497 e. The number of methoxy groups -OCH3 is 1. The van der Waals surface area contributed by atoms with E-state index in [2.05, 4.69) is 0 Å². The number of Topliss-reactive ketones (excluding diaryl/α,β-unsaturated/α-hetero) is 2. The summed E-state index contributed by atoms with van der Waals surface area (Å²) in [5.41, 5.74) is 0.764. The average molecular weight is 225 g/mol. The van der Waals surface area contributed by atoms with Crippen LogP contribution in [0.4, 0.5) is 0 Å². The minimum atomic E-state index is -0.703. The SMILES string of the molecule is COc1ccc(C2C(=O)C(=O)C2Cl)cc1. The van der Waals surface area contributed by atoms with Crippen molar-refractivity contribution in [3.63, 3.8) is 0 Å². The topological polar surface area (TPSA) is 43.4 Å². The Balaban J connectivity index is 2.24. The van der Waals surface area contributed by atoms with Gasteiger partial charge in [0.25, 0.3) is 0 Å². The molecule has 1 fully saturated rings. The van der Waals surface area contributed by atoms with Crippen LogP contribution in [0.2, 0.25) is 0 Å². The van der Waals surface area contributed by atoms with Crippen LogP contribution < -0.4 is 4.74 Å². The van der Waals surface area contributed by atoms with Crippen LogP contribution in [0, 0.1) is 0 Å². The van der Waals surface area contributed by atoms with Crippen LogP contribution >= 0.6 is 11.6 Å². The summed E-state index contributed by atoms with van der Waals surface area (Å²) in [6.45, 7) is 0. The number of ether oxygens (including phenoxy) is 1. The molecule has 0 aromatic heterocycles. The Morgan fingerprint density at radius 1 is 1.13 bits per heavy atom. The maximum atomic E-state index is 11.3. The summed E-state index contributed by atoms with van der Waals surface area (Å²) < 4.78 is 4.99. The lowest BCUT2D eigenvalue weighted by molar-refractivity contribution is -0.143. The summed E-state index contributed by atoms with van der Waals surface area (Å²) in [5.74, 6) is -0.661. The van der Waals surface area contributed by atoms with Crippen LogP contribution in [0.1, 0.15) is 11.5 Å². The first-order valence-corrected chi connectivity index (χ1v) is 4.95. The third-order valence-corrected chi connectivity index (χ3v) is 2.99. The van der Waals surface area contributed by atoms with Crippen LogP contribution in [-0.4, -0.2) is 24.1 Å². The zero-order chi connectivity index (χ0) is 11.0. The summed E-state index contributed by atoms with van der Waals surface area (Å²) in [5, 5.41) is -0.703. The maximum Gasteiger partial charge on any atom is 0.217 e. The normalized spacial score (nSPS) is 24.9. The number of carbonyl (C=O) groups is 2. The number of hydrogen-bond acceptors (Lipinski definition) is 3. The molecule has 0 radical (unpaired) electrons. The van der Waals surface area contributed by atoms with Crippen molar-refractivity contribution in [3.05, 3.63) is 29.8 Å². The van der Waals surface area contributed by atoms with Crippen molar-refractivity contribution in [2.24, 2.45) is 0 Å². The standard InChI is InChI=1S/C11H9ClO3/c1-15-7-4-2-6(3-5-7)8-9(12)11(14)10(8)13/h2-5,8-9H,1H3. The molecule has 2 atom stereocenters. The molecule has 78 valence electrons. The van der Waals surface area contributed by atoms with Crippen molar-refractivity contribution in [3.8, 4) is 5.75 Å². The second kappa shape index (κ2) is 3.66. The van der Waals surface area contributed by atoms with Gasteiger partial charge >= 0.3 is 0 Å². The molecule has 1 saturated carbocycles. The number of rotatable bonds is 2. The van der Waals surface area contributed by atoms with Gasteiger partial charge in [-0.2, -0.15) is 0 Å². The van der Waals surface area contributed by atoms with Gasteiger partial charge in [0.05, 0.1) is 13.0 Å². The average Bonchev–Trinajstić information content (AvgIpc) is 2.30. The molecule has 0 saturated heterocycles. The van der Waals surface area contributed by atoms with Crippen molar-refractivity contribution in [1.82, 2.24) is 0 Å². The van der Waals surface area contributed by atoms with E-state index in [0.29, 0.717) is 5.75 Å². The molecule has 1 aromatic carbocycles. The van der Waals surface area contributed by atoms with Gasteiger partial charge in [-0.05, 0) is 17.7 Å². The largest absolute Gasteiger partial charge is 0.497 e. The molecule has 0 amide bonds. The van der Waals surface area contributed by atoms with Crippen molar-refractivity contribution < 1.29 is 14.3 Å². The third kappa shape index (κ3) is 1.53. The van der Waals surface area contributed by atoms with Crippen molar-refractivity contribution in [2.45, 2.75) is 11.3 Å². The highest BCUT2D eigenvalue weighted by Gasteiger charge is 2.48. The number of ketones is 2. The van der Waals surface area contributed by atoms with Crippen molar-refractivity contribution >= 4 is 23.2 Å². The molecule has 0 spiro atoms. The van der Waals surface area contributed by atoms with E-state index < -0.39 is 22.9 Å². The molecule has 2 unspecified atom stereocenters. The van der Waals surface area contributed by atoms with Gasteiger partial charge in [0.1, 0.15) is 11.1 Å². The first-order chi connectivity index (χ1) is 7.15. The fraction of sp³-hybridized carbons (Fsp3) is 0.273. The highest BCUT2D eigenvalue weighted by Crippen LogP contribution is 2.35. The van der Waals surface area contributed by atoms with Gasteiger partial charge in [0, 0.05) is 0 Å². The molecule has 4 heteroatoms. The number of benzene rings is 1. The first-order valence-electron chi connectivity index (χ1n) is 4.51. The lowest BCUT2D eigenvalue weighted by Crippen LogP contribution is -2.47. The predicted molar refractivity (Wildman–Crippen MR) is 55.4 cm³/mol. The van der Waals surface area contributed by atoms with Gasteiger partial charge in [-0.25, -0.2) is 0 Å². The molecule has 0 aliphatic heterocycles. The van der Waals surface area contributed by atoms with Gasteiger partial charge in [0.15, 0.2) is 0 Å². The monoisotopic (exact) mass is 224 g/mol. The quantitative estimate of drug-likeness (QED) is 0.565.